The Hall–Kier alpha value is -1.11. The lowest BCUT2D eigenvalue weighted by molar-refractivity contribution is -0.145. The summed E-state index contributed by atoms with van der Waals surface area (Å²) in [7, 11) is 0. The normalized spacial score (nSPS) is 20.9. The van der Waals surface area contributed by atoms with Gasteiger partial charge in [0.1, 0.15) is 5.54 Å². The zero-order chi connectivity index (χ0) is 17.0. The van der Waals surface area contributed by atoms with Crippen LogP contribution in [-0.2, 0) is 20.9 Å². The van der Waals surface area contributed by atoms with E-state index in [0.29, 0.717) is 38.8 Å². The van der Waals surface area contributed by atoms with Crippen LogP contribution in [-0.4, -0.2) is 35.9 Å². The number of hydrogen-bond donors (Lipinski definition) is 2. The lowest BCUT2D eigenvalue weighted by Crippen LogP contribution is -2.50. The summed E-state index contributed by atoms with van der Waals surface area (Å²) in [6.45, 7) is 1.48. The lowest BCUT2D eigenvalue weighted by atomic mass is 9.89. The fourth-order valence-electron chi connectivity index (χ4n) is 3.41. The molecule has 1 aromatic carbocycles. The second kappa shape index (κ2) is 7.85. The molecule has 1 aliphatic carbocycles. The molecule has 1 saturated carbocycles. The Morgan fingerprint density at radius 2 is 2.04 bits per heavy atom. The molecule has 3 rings (SSSR count). The molecular weight excluding hydrogens is 374 g/mol. The Morgan fingerprint density at radius 3 is 2.71 bits per heavy atom. The van der Waals surface area contributed by atoms with Crippen molar-refractivity contribution in [1.82, 2.24) is 0 Å². The van der Waals surface area contributed by atoms with Crippen molar-refractivity contribution >= 4 is 27.6 Å². The van der Waals surface area contributed by atoms with E-state index >= 15 is 0 Å². The van der Waals surface area contributed by atoms with E-state index < -0.39 is 11.5 Å². The van der Waals surface area contributed by atoms with E-state index in [0.717, 1.165) is 28.6 Å². The molecule has 0 aromatic heterocycles. The molecule has 1 heterocycles. The number of rotatable bonds is 6. The van der Waals surface area contributed by atoms with Gasteiger partial charge < -0.3 is 19.9 Å². The monoisotopic (exact) mass is 397 g/mol. The van der Waals surface area contributed by atoms with E-state index in [9.17, 15) is 9.90 Å². The molecular formula is C18H24BrNO4. The molecule has 2 N–H and O–H groups in total. The Kier molecular flexibility index (Phi) is 5.79. The van der Waals surface area contributed by atoms with Gasteiger partial charge in [0.05, 0.1) is 12.7 Å². The van der Waals surface area contributed by atoms with Crippen molar-refractivity contribution in [3.05, 3.63) is 28.2 Å². The van der Waals surface area contributed by atoms with Crippen molar-refractivity contribution < 1.29 is 19.4 Å². The molecule has 1 saturated heterocycles. The van der Waals surface area contributed by atoms with Crippen LogP contribution in [0.1, 0.15) is 44.1 Å². The van der Waals surface area contributed by atoms with Crippen LogP contribution in [0.2, 0.25) is 0 Å². The molecule has 0 atom stereocenters. The van der Waals surface area contributed by atoms with Crippen molar-refractivity contribution in [2.45, 2.75) is 56.8 Å². The van der Waals surface area contributed by atoms with Crippen LogP contribution < -0.4 is 5.32 Å². The van der Waals surface area contributed by atoms with Crippen LogP contribution in [0.15, 0.2) is 22.7 Å². The first-order valence-electron chi connectivity index (χ1n) is 8.58. The molecule has 2 fully saturated rings. The summed E-state index contributed by atoms with van der Waals surface area (Å²) >= 11 is 3.56. The van der Waals surface area contributed by atoms with Gasteiger partial charge in [0.15, 0.2) is 0 Å². The maximum atomic E-state index is 11.8. The predicted molar refractivity (Wildman–Crippen MR) is 95.2 cm³/mol. The third-order valence-corrected chi connectivity index (χ3v) is 5.74. The van der Waals surface area contributed by atoms with E-state index in [1.807, 2.05) is 18.2 Å². The number of ether oxygens (including phenoxy) is 2. The number of hydrogen-bond acceptors (Lipinski definition) is 4. The highest BCUT2D eigenvalue weighted by Gasteiger charge is 2.40. The van der Waals surface area contributed by atoms with Gasteiger partial charge in [-0.3, -0.25) is 0 Å². The van der Waals surface area contributed by atoms with Crippen LogP contribution in [0.25, 0.3) is 0 Å². The fourth-order valence-corrected chi connectivity index (χ4v) is 3.78. The van der Waals surface area contributed by atoms with Crippen molar-refractivity contribution in [2.75, 3.05) is 18.5 Å². The van der Waals surface area contributed by atoms with E-state index in [1.165, 1.54) is 12.8 Å². The summed E-state index contributed by atoms with van der Waals surface area (Å²) in [5.41, 5.74) is 0.905. The molecule has 2 aliphatic rings. The van der Waals surface area contributed by atoms with Crippen molar-refractivity contribution in [2.24, 2.45) is 0 Å². The van der Waals surface area contributed by atoms with E-state index in [4.69, 9.17) is 9.47 Å². The number of carboxylic acids is 1. The maximum Gasteiger partial charge on any atom is 0.329 e. The first kappa shape index (κ1) is 17.7. The minimum absolute atomic E-state index is 0.356. The van der Waals surface area contributed by atoms with Crippen molar-refractivity contribution in [3.63, 3.8) is 0 Å². The van der Waals surface area contributed by atoms with Crippen LogP contribution in [0.3, 0.4) is 0 Å². The average Bonchev–Trinajstić information content (AvgIpc) is 3.09. The van der Waals surface area contributed by atoms with Crippen LogP contribution in [0.4, 0.5) is 5.69 Å². The number of benzene rings is 1. The molecule has 0 bridgehead atoms. The lowest BCUT2D eigenvalue weighted by Gasteiger charge is -2.35. The molecule has 6 heteroatoms. The zero-order valence-corrected chi connectivity index (χ0v) is 15.3. The summed E-state index contributed by atoms with van der Waals surface area (Å²) in [4.78, 5) is 11.8. The summed E-state index contributed by atoms with van der Waals surface area (Å²) in [6, 6.07) is 5.84. The second-order valence-corrected chi connectivity index (χ2v) is 7.50. The minimum atomic E-state index is -0.949. The van der Waals surface area contributed by atoms with E-state index in [2.05, 4.69) is 21.2 Å². The van der Waals surface area contributed by atoms with Crippen LogP contribution >= 0.6 is 15.9 Å². The van der Waals surface area contributed by atoms with Gasteiger partial charge in [-0.05, 0) is 36.6 Å². The maximum absolute atomic E-state index is 11.8. The van der Waals surface area contributed by atoms with Crippen LogP contribution in [0, 0.1) is 0 Å². The summed E-state index contributed by atoms with van der Waals surface area (Å²) in [5.74, 6) is -0.822. The van der Waals surface area contributed by atoms with Gasteiger partial charge in [-0.2, -0.15) is 0 Å². The molecule has 0 spiro atoms. The Bertz CT molecular complexity index is 580. The third kappa shape index (κ3) is 4.10. The number of halogens is 1. The SMILES string of the molecule is O=C(O)C1(Nc2ccc(Br)c(COC3CCCC3)c2)CCOCC1. The minimum Gasteiger partial charge on any atom is -0.480 e. The first-order chi connectivity index (χ1) is 11.6. The number of nitrogens with one attached hydrogen (secondary N) is 1. The number of carbonyl (C=O) groups is 1. The Balaban J connectivity index is 1.70. The highest BCUT2D eigenvalue weighted by atomic mass is 79.9. The smallest absolute Gasteiger partial charge is 0.329 e. The van der Waals surface area contributed by atoms with Gasteiger partial charge in [0.25, 0.3) is 0 Å². The highest BCUT2D eigenvalue weighted by Crippen LogP contribution is 2.30. The number of carboxylic acid groups (broad SMARTS) is 1. The Morgan fingerprint density at radius 1 is 1.33 bits per heavy atom. The predicted octanol–water partition coefficient (Wildman–Crippen LogP) is 3.95. The van der Waals surface area contributed by atoms with Gasteiger partial charge in [-0.25, -0.2) is 4.79 Å². The zero-order valence-electron chi connectivity index (χ0n) is 13.7. The third-order valence-electron chi connectivity index (χ3n) is 4.96. The second-order valence-electron chi connectivity index (χ2n) is 6.65. The summed E-state index contributed by atoms with van der Waals surface area (Å²) < 4.78 is 12.3. The summed E-state index contributed by atoms with van der Waals surface area (Å²) in [5, 5.41) is 12.9. The molecule has 0 unspecified atom stereocenters. The molecule has 1 aliphatic heterocycles. The Labute approximate surface area is 150 Å². The highest BCUT2D eigenvalue weighted by molar-refractivity contribution is 9.10. The first-order valence-corrected chi connectivity index (χ1v) is 9.38. The van der Waals surface area contributed by atoms with Crippen molar-refractivity contribution in [3.8, 4) is 0 Å². The molecule has 24 heavy (non-hydrogen) atoms. The number of anilines is 1. The largest absolute Gasteiger partial charge is 0.480 e. The van der Waals surface area contributed by atoms with Gasteiger partial charge in [0, 0.05) is 36.2 Å². The molecule has 1 aromatic rings. The molecule has 5 nitrogen and oxygen atoms in total. The van der Waals surface area contributed by atoms with E-state index in [-0.39, 0.29) is 0 Å². The van der Waals surface area contributed by atoms with Gasteiger partial charge in [-0.1, -0.05) is 28.8 Å². The molecule has 0 amide bonds. The summed E-state index contributed by atoms with van der Waals surface area (Å²) in [6.07, 6.45) is 6.05. The van der Waals surface area contributed by atoms with Crippen LogP contribution in [0.5, 0.6) is 0 Å². The molecule has 0 radical (unpaired) electrons. The van der Waals surface area contributed by atoms with Gasteiger partial charge in [0.2, 0.25) is 0 Å². The fraction of sp³-hybridized carbons (Fsp3) is 0.611. The van der Waals surface area contributed by atoms with Gasteiger partial charge in [-0.15, -0.1) is 0 Å². The molecule has 132 valence electrons. The topological polar surface area (TPSA) is 67.8 Å². The van der Waals surface area contributed by atoms with E-state index in [1.54, 1.807) is 0 Å². The number of aliphatic carboxylic acids is 1. The van der Waals surface area contributed by atoms with Crippen molar-refractivity contribution in [1.29, 1.82) is 0 Å². The quantitative estimate of drug-likeness (QED) is 0.760. The standard InChI is InChI=1S/C18H24BrNO4/c19-16-6-5-14(11-13(16)12-24-15-3-1-2-4-15)20-18(17(21)22)7-9-23-10-8-18/h5-6,11,15,20H,1-4,7-10,12H2,(H,21,22). The average molecular weight is 398 g/mol. The van der Waals surface area contributed by atoms with Gasteiger partial charge >= 0.3 is 5.97 Å².